The SMILES string of the molecule is CC(=O)Nc1cc(N2C[C@@H](C)O[C@@H](C)C2)ccn1. The van der Waals surface area contributed by atoms with Gasteiger partial charge in [0.15, 0.2) is 0 Å². The van der Waals surface area contributed by atoms with Gasteiger partial charge in [-0.3, -0.25) is 4.79 Å². The van der Waals surface area contributed by atoms with Crippen LogP contribution in [0, 0.1) is 0 Å². The molecule has 1 N–H and O–H groups in total. The van der Waals surface area contributed by atoms with Crippen LogP contribution in [-0.2, 0) is 9.53 Å². The van der Waals surface area contributed by atoms with Gasteiger partial charge in [0, 0.05) is 38.0 Å². The van der Waals surface area contributed by atoms with Gasteiger partial charge in [-0.25, -0.2) is 4.98 Å². The molecule has 1 fully saturated rings. The molecule has 1 amide bonds. The van der Waals surface area contributed by atoms with E-state index < -0.39 is 0 Å². The first-order chi connectivity index (χ1) is 8.54. The Morgan fingerprint density at radius 3 is 2.72 bits per heavy atom. The minimum absolute atomic E-state index is 0.108. The third-order valence-electron chi connectivity index (χ3n) is 2.83. The molecular weight excluding hydrogens is 230 g/mol. The van der Waals surface area contributed by atoms with Crippen LogP contribution >= 0.6 is 0 Å². The lowest BCUT2D eigenvalue weighted by molar-refractivity contribution is -0.114. The van der Waals surface area contributed by atoms with Gasteiger partial charge in [-0.2, -0.15) is 0 Å². The highest BCUT2D eigenvalue weighted by Gasteiger charge is 2.22. The van der Waals surface area contributed by atoms with E-state index in [1.54, 1.807) is 6.20 Å². The predicted octanol–water partition coefficient (Wildman–Crippen LogP) is 1.65. The van der Waals surface area contributed by atoms with E-state index in [4.69, 9.17) is 4.74 Å². The lowest BCUT2D eigenvalue weighted by Gasteiger charge is -2.36. The Morgan fingerprint density at radius 2 is 2.11 bits per heavy atom. The molecule has 0 aromatic carbocycles. The molecule has 2 atom stereocenters. The number of aromatic nitrogens is 1. The van der Waals surface area contributed by atoms with E-state index in [1.165, 1.54) is 6.92 Å². The van der Waals surface area contributed by atoms with Crippen LogP contribution < -0.4 is 10.2 Å². The summed E-state index contributed by atoms with van der Waals surface area (Å²) in [5.41, 5.74) is 1.07. The average molecular weight is 249 g/mol. The van der Waals surface area contributed by atoms with Crippen molar-refractivity contribution in [2.24, 2.45) is 0 Å². The second-order valence-corrected chi connectivity index (χ2v) is 4.74. The van der Waals surface area contributed by atoms with E-state index in [2.05, 4.69) is 29.0 Å². The van der Waals surface area contributed by atoms with Gasteiger partial charge in [0.25, 0.3) is 0 Å². The number of carbonyl (C=O) groups is 1. The third-order valence-corrected chi connectivity index (χ3v) is 2.83. The summed E-state index contributed by atoms with van der Waals surface area (Å²) in [4.78, 5) is 17.4. The van der Waals surface area contributed by atoms with Gasteiger partial charge in [-0.15, -0.1) is 0 Å². The van der Waals surface area contributed by atoms with Gasteiger partial charge in [-0.05, 0) is 19.9 Å². The summed E-state index contributed by atoms with van der Waals surface area (Å²) in [5.74, 6) is 0.482. The Morgan fingerprint density at radius 1 is 1.44 bits per heavy atom. The molecule has 0 aliphatic carbocycles. The van der Waals surface area contributed by atoms with Crippen LogP contribution in [0.3, 0.4) is 0 Å². The number of nitrogens with zero attached hydrogens (tertiary/aromatic N) is 2. The Kier molecular flexibility index (Phi) is 3.81. The largest absolute Gasteiger partial charge is 0.372 e. The molecule has 1 aromatic heterocycles. The molecule has 98 valence electrons. The van der Waals surface area contributed by atoms with E-state index in [9.17, 15) is 4.79 Å². The number of carbonyl (C=O) groups excluding carboxylic acids is 1. The van der Waals surface area contributed by atoms with Crippen molar-refractivity contribution in [3.05, 3.63) is 18.3 Å². The lowest BCUT2D eigenvalue weighted by atomic mass is 10.2. The Balaban J connectivity index is 2.14. The molecule has 0 radical (unpaired) electrons. The summed E-state index contributed by atoms with van der Waals surface area (Å²) in [6, 6.07) is 3.85. The smallest absolute Gasteiger partial charge is 0.222 e. The molecule has 1 aromatic rings. The van der Waals surface area contributed by atoms with Crippen LogP contribution in [0.25, 0.3) is 0 Å². The molecule has 1 saturated heterocycles. The number of hydrogen-bond donors (Lipinski definition) is 1. The van der Waals surface area contributed by atoms with E-state index in [1.807, 2.05) is 12.1 Å². The molecule has 0 saturated carbocycles. The zero-order valence-corrected chi connectivity index (χ0v) is 11.0. The number of rotatable bonds is 2. The zero-order chi connectivity index (χ0) is 13.1. The summed E-state index contributed by atoms with van der Waals surface area (Å²) < 4.78 is 5.71. The van der Waals surface area contributed by atoms with Crippen LogP contribution in [0.15, 0.2) is 18.3 Å². The Labute approximate surface area is 107 Å². The number of ether oxygens (including phenoxy) is 1. The van der Waals surface area contributed by atoms with Crippen LogP contribution in [0.4, 0.5) is 11.5 Å². The maximum atomic E-state index is 11.0. The first-order valence-corrected chi connectivity index (χ1v) is 6.18. The van der Waals surface area contributed by atoms with Crippen molar-refractivity contribution in [2.75, 3.05) is 23.3 Å². The monoisotopic (exact) mass is 249 g/mol. The normalized spacial score (nSPS) is 23.8. The van der Waals surface area contributed by atoms with Gasteiger partial charge in [-0.1, -0.05) is 0 Å². The van der Waals surface area contributed by atoms with Gasteiger partial charge in [0.05, 0.1) is 12.2 Å². The van der Waals surface area contributed by atoms with Crippen molar-refractivity contribution in [1.82, 2.24) is 4.98 Å². The maximum Gasteiger partial charge on any atom is 0.222 e. The molecule has 2 rings (SSSR count). The van der Waals surface area contributed by atoms with Crippen LogP contribution in [0.2, 0.25) is 0 Å². The van der Waals surface area contributed by atoms with Gasteiger partial charge in [0.1, 0.15) is 5.82 Å². The van der Waals surface area contributed by atoms with Gasteiger partial charge < -0.3 is 15.0 Å². The number of morpholine rings is 1. The highest BCUT2D eigenvalue weighted by Crippen LogP contribution is 2.21. The number of anilines is 2. The standard InChI is InChI=1S/C13H19N3O2/c1-9-7-16(8-10(2)18-9)12-4-5-14-13(6-12)15-11(3)17/h4-6,9-10H,7-8H2,1-3H3,(H,14,15,17)/t9-,10+. The molecule has 1 aliphatic rings. The fourth-order valence-corrected chi connectivity index (χ4v) is 2.25. The Bertz CT molecular complexity index is 426. The average Bonchev–Trinajstić information content (AvgIpc) is 2.27. The first-order valence-electron chi connectivity index (χ1n) is 6.18. The second-order valence-electron chi connectivity index (χ2n) is 4.74. The van der Waals surface area contributed by atoms with E-state index >= 15 is 0 Å². The molecule has 0 unspecified atom stereocenters. The quantitative estimate of drug-likeness (QED) is 0.866. The maximum absolute atomic E-state index is 11.0. The third kappa shape index (κ3) is 3.20. The molecule has 2 heterocycles. The van der Waals surface area contributed by atoms with Crippen molar-refractivity contribution in [2.45, 2.75) is 33.0 Å². The summed E-state index contributed by atoms with van der Waals surface area (Å²) in [6.45, 7) is 7.33. The van der Waals surface area contributed by atoms with Crippen molar-refractivity contribution in [3.8, 4) is 0 Å². The number of nitrogens with one attached hydrogen (secondary N) is 1. The lowest BCUT2D eigenvalue weighted by Crippen LogP contribution is -2.45. The van der Waals surface area contributed by atoms with Crippen molar-refractivity contribution in [3.63, 3.8) is 0 Å². The number of pyridine rings is 1. The highest BCUT2D eigenvalue weighted by molar-refractivity contribution is 5.88. The van der Waals surface area contributed by atoms with Gasteiger partial charge >= 0.3 is 0 Å². The van der Waals surface area contributed by atoms with Crippen LogP contribution in [0.5, 0.6) is 0 Å². The number of hydrogen-bond acceptors (Lipinski definition) is 4. The molecule has 1 aliphatic heterocycles. The summed E-state index contributed by atoms with van der Waals surface area (Å²) in [6.07, 6.45) is 2.14. The van der Waals surface area contributed by atoms with E-state index in [0.29, 0.717) is 5.82 Å². The summed E-state index contributed by atoms with van der Waals surface area (Å²) in [7, 11) is 0. The van der Waals surface area contributed by atoms with Crippen molar-refractivity contribution in [1.29, 1.82) is 0 Å². The zero-order valence-electron chi connectivity index (χ0n) is 11.0. The van der Waals surface area contributed by atoms with Crippen LogP contribution in [-0.4, -0.2) is 36.2 Å². The topological polar surface area (TPSA) is 54.5 Å². The van der Waals surface area contributed by atoms with E-state index in [0.717, 1.165) is 18.8 Å². The van der Waals surface area contributed by atoms with E-state index in [-0.39, 0.29) is 18.1 Å². The van der Waals surface area contributed by atoms with Crippen LogP contribution in [0.1, 0.15) is 20.8 Å². The first kappa shape index (κ1) is 12.8. The molecule has 0 spiro atoms. The minimum Gasteiger partial charge on any atom is -0.372 e. The minimum atomic E-state index is -0.108. The highest BCUT2D eigenvalue weighted by atomic mass is 16.5. The predicted molar refractivity (Wildman–Crippen MR) is 70.8 cm³/mol. The summed E-state index contributed by atoms with van der Waals surface area (Å²) in [5, 5.41) is 2.70. The van der Waals surface area contributed by atoms with Crippen molar-refractivity contribution < 1.29 is 9.53 Å². The molecule has 5 nitrogen and oxygen atoms in total. The fraction of sp³-hybridized carbons (Fsp3) is 0.538. The number of amides is 1. The molecule has 18 heavy (non-hydrogen) atoms. The Hall–Kier alpha value is -1.62. The molecule has 0 bridgehead atoms. The van der Waals surface area contributed by atoms with Crippen molar-refractivity contribution >= 4 is 17.4 Å². The summed E-state index contributed by atoms with van der Waals surface area (Å²) >= 11 is 0. The molecule has 5 heteroatoms. The second kappa shape index (κ2) is 5.35. The fourth-order valence-electron chi connectivity index (χ4n) is 2.25. The van der Waals surface area contributed by atoms with Gasteiger partial charge in [0.2, 0.25) is 5.91 Å². The molecular formula is C13H19N3O2.